The molecule has 1 saturated carbocycles. The van der Waals surface area contributed by atoms with E-state index in [0.29, 0.717) is 17.3 Å². The first-order valence-corrected chi connectivity index (χ1v) is 5.97. The SMILES string of the molecule is Cc1cc(F)cc(-c2nc(C3(N)CCC3)no2)c1.Cl. The van der Waals surface area contributed by atoms with Gasteiger partial charge in [-0.3, -0.25) is 0 Å². The molecule has 0 aliphatic heterocycles. The van der Waals surface area contributed by atoms with Gasteiger partial charge in [0.15, 0.2) is 5.82 Å². The van der Waals surface area contributed by atoms with E-state index < -0.39 is 5.54 Å². The van der Waals surface area contributed by atoms with E-state index in [0.717, 1.165) is 24.8 Å². The van der Waals surface area contributed by atoms with Gasteiger partial charge in [-0.1, -0.05) is 5.16 Å². The molecule has 0 unspecified atom stereocenters. The van der Waals surface area contributed by atoms with Gasteiger partial charge in [0.05, 0.1) is 5.54 Å². The zero-order valence-corrected chi connectivity index (χ0v) is 11.3. The third-order valence-corrected chi connectivity index (χ3v) is 3.41. The van der Waals surface area contributed by atoms with Crippen LogP contribution < -0.4 is 5.73 Å². The van der Waals surface area contributed by atoms with Crippen LogP contribution in [0.2, 0.25) is 0 Å². The molecule has 0 bridgehead atoms. The Bertz CT molecular complexity index is 575. The summed E-state index contributed by atoms with van der Waals surface area (Å²) >= 11 is 0. The van der Waals surface area contributed by atoms with Crippen molar-refractivity contribution in [1.82, 2.24) is 10.1 Å². The van der Waals surface area contributed by atoms with Crippen molar-refractivity contribution in [3.8, 4) is 11.5 Å². The van der Waals surface area contributed by atoms with Crippen molar-refractivity contribution in [3.05, 3.63) is 35.4 Å². The highest BCUT2D eigenvalue weighted by molar-refractivity contribution is 5.85. The summed E-state index contributed by atoms with van der Waals surface area (Å²) in [5, 5.41) is 3.91. The lowest BCUT2D eigenvalue weighted by Gasteiger charge is -2.34. The Hall–Kier alpha value is -1.46. The first kappa shape index (κ1) is 14.0. The Labute approximate surface area is 116 Å². The Morgan fingerprint density at radius 3 is 2.63 bits per heavy atom. The molecular weight excluding hydrogens is 269 g/mol. The molecule has 1 aromatic carbocycles. The van der Waals surface area contributed by atoms with E-state index in [1.165, 1.54) is 12.1 Å². The van der Waals surface area contributed by atoms with Crippen LogP contribution in [0.1, 0.15) is 30.7 Å². The second-order valence-corrected chi connectivity index (χ2v) is 4.95. The summed E-state index contributed by atoms with van der Waals surface area (Å²) in [6.07, 6.45) is 2.82. The Morgan fingerprint density at radius 2 is 2.05 bits per heavy atom. The molecular formula is C13H15ClFN3O. The van der Waals surface area contributed by atoms with Crippen molar-refractivity contribution in [2.75, 3.05) is 0 Å². The highest BCUT2D eigenvalue weighted by atomic mass is 35.5. The monoisotopic (exact) mass is 283 g/mol. The fraction of sp³-hybridized carbons (Fsp3) is 0.385. The van der Waals surface area contributed by atoms with Crippen LogP contribution in [0.25, 0.3) is 11.5 Å². The first-order valence-electron chi connectivity index (χ1n) is 5.97. The smallest absolute Gasteiger partial charge is 0.258 e. The van der Waals surface area contributed by atoms with Gasteiger partial charge in [-0.05, 0) is 49.9 Å². The van der Waals surface area contributed by atoms with Crippen LogP contribution in [0.15, 0.2) is 22.7 Å². The maximum atomic E-state index is 13.3. The summed E-state index contributed by atoms with van der Waals surface area (Å²) in [5.74, 6) is 0.533. The summed E-state index contributed by atoms with van der Waals surface area (Å²) in [6.45, 7) is 1.82. The average Bonchev–Trinajstić information content (AvgIpc) is 2.74. The van der Waals surface area contributed by atoms with E-state index in [1.54, 1.807) is 0 Å². The molecule has 1 heterocycles. The van der Waals surface area contributed by atoms with Crippen LogP contribution in [0.5, 0.6) is 0 Å². The molecule has 1 aliphatic rings. The van der Waals surface area contributed by atoms with Crippen LogP contribution in [-0.4, -0.2) is 10.1 Å². The van der Waals surface area contributed by atoms with Crippen LogP contribution in [-0.2, 0) is 5.54 Å². The zero-order chi connectivity index (χ0) is 12.8. The van der Waals surface area contributed by atoms with Crippen LogP contribution in [0.4, 0.5) is 4.39 Å². The summed E-state index contributed by atoms with van der Waals surface area (Å²) < 4.78 is 18.5. The number of hydrogen-bond donors (Lipinski definition) is 1. The molecule has 3 rings (SSSR count). The molecule has 0 spiro atoms. The molecule has 0 atom stereocenters. The minimum atomic E-state index is -0.454. The summed E-state index contributed by atoms with van der Waals surface area (Å²) in [7, 11) is 0. The lowest BCUT2D eigenvalue weighted by molar-refractivity contribution is 0.229. The van der Waals surface area contributed by atoms with Gasteiger partial charge in [0.2, 0.25) is 0 Å². The number of aromatic nitrogens is 2. The standard InChI is InChI=1S/C13H14FN3O.ClH/c1-8-5-9(7-10(14)6-8)11-16-12(17-18-11)13(15)3-2-4-13;/h5-7H,2-4,15H2,1H3;1H. The van der Waals surface area contributed by atoms with Crippen LogP contribution >= 0.6 is 12.4 Å². The summed E-state index contributed by atoms with van der Waals surface area (Å²) in [5.41, 5.74) is 7.07. The molecule has 1 aliphatic carbocycles. The van der Waals surface area contributed by atoms with E-state index in [9.17, 15) is 4.39 Å². The maximum Gasteiger partial charge on any atom is 0.258 e. The Kier molecular flexibility index (Phi) is 3.60. The second kappa shape index (κ2) is 4.90. The fourth-order valence-corrected chi connectivity index (χ4v) is 2.18. The highest BCUT2D eigenvalue weighted by Gasteiger charge is 2.39. The molecule has 19 heavy (non-hydrogen) atoms. The minimum Gasteiger partial charge on any atom is -0.334 e. The number of aryl methyl sites for hydroxylation is 1. The van der Waals surface area contributed by atoms with Crippen molar-refractivity contribution in [2.45, 2.75) is 31.7 Å². The van der Waals surface area contributed by atoms with Gasteiger partial charge in [-0.15, -0.1) is 12.4 Å². The van der Waals surface area contributed by atoms with Gasteiger partial charge in [0.1, 0.15) is 5.82 Å². The fourth-order valence-electron chi connectivity index (χ4n) is 2.18. The van der Waals surface area contributed by atoms with Crippen molar-refractivity contribution >= 4 is 12.4 Å². The molecule has 1 aromatic heterocycles. The molecule has 0 radical (unpaired) electrons. The molecule has 1 fully saturated rings. The number of benzene rings is 1. The van der Waals surface area contributed by atoms with Gasteiger partial charge in [-0.25, -0.2) is 4.39 Å². The number of hydrogen-bond acceptors (Lipinski definition) is 4. The van der Waals surface area contributed by atoms with Crippen LogP contribution in [0, 0.1) is 12.7 Å². The van der Waals surface area contributed by atoms with Gasteiger partial charge in [0.25, 0.3) is 5.89 Å². The topological polar surface area (TPSA) is 64.9 Å². The van der Waals surface area contributed by atoms with Gasteiger partial charge in [0, 0.05) is 5.56 Å². The second-order valence-electron chi connectivity index (χ2n) is 4.95. The molecule has 0 amide bonds. The Morgan fingerprint density at radius 1 is 1.32 bits per heavy atom. The quantitative estimate of drug-likeness (QED) is 0.920. The third kappa shape index (κ3) is 2.48. The lowest BCUT2D eigenvalue weighted by Crippen LogP contribution is -2.44. The molecule has 4 nitrogen and oxygen atoms in total. The minimum absolute atomic E-state index is 0. The molecule has 0 saturated heterocycles. The molecule has 2 N–H and O–H groups in total. The van der Waals surface area contributed by atoms with E-state index in [1.807, 2.05) is 13.0 Å². The molecule has 2 aromatic rings. The lowest BCUT2D eigenvalue weighted by atomic mass is 9.77. The van der Waals surface area contributed by atoms with E-state index >= 15 is 0 Å². The predicted molar refractivity (Wildman–Crippen MR) is 71.4 cm³/mol. The van der Waals surface area contributed by atoms with Crippen molar-refractivity contribution in [1.29, 1.82) is 0 Å². The maximum absolute atomic E-state index is 13.3. The molecule has 102 valence electrons. The number of nitrogens with zero attached hydrogens (tertiary/aromatic N) is 2. The van der Waals surface area contributed by atoms with E-state index in [-0.39, 0.29) is 18.2 Å². The number of nitrogens with two attached hydrogens (primary N) is 1. The molecule has 6 heteroatoms. The van der Waals surface area contributed by atoms with Gasteiger partial charge >= 0.3 is 0 Å². The number of rotatable bonds is 2. The largest absolute Gasteiger partial charge is 0.334 e. The number of halogens is 2. The average molecular weight is 284 g/mol. The highest BCUT2D eigenvalue weighted by Crippen LogP contribution is 2.37. The van der Waals surface area contributed by atoms with Crippen molar-refractivity contribution < 1.29 is 8.91 Å². The van der Waals surface area contributed by atoms with Crippen LogP contribution in [0.3, 0.4) is 0 Å². The first-order chi connectivity index (χ1) is 8.57. The van der Waals surface area contributed by atoms with Crippen molar-refractivity contribution in [2.24, 2.45) is 5.73 Å². The van der Waals surface area contributed by atoms with E-state index in [2.05, 4.69) is 10.1 Å². The summed E-state index contributed by atoms with van der Waals surface area (Å²) in [4.78, 5) is 4.29. The van der Waals surface area contributed by atoms with E-state index in [4.69, 9.17) is 10.3 Å². The zero-order valence-electron chi connectivity index (χ0n) is 10.5. The summed E-state index contributed by atoms with van der Waals surface area (Å²) in [6, 6.07) is 4.65. The Balaban J connectivity index is 0.00000133. The third-order valence-electron chi connectivity index (χ3n) is 3.41. The van der Waals surface area contributed by atoms with Crippen molar-refractivity contribution in [3.63, 3.8) is 0 Å². The van der Waals surface area contributed by atoms with Gasteiger partial charge < -0.3 is 10.3 Å². The van der Waals surface area contributed by atoms with Gasteiger partial charge in [-0.2, -0.15) is 4.98 Å². The predicted octanol–water partition coefficient (Wildman–Crippen LogP) is 2.94. The normalized spacial score (nSPS) is 16.6.